The third-order valence-corrected chi connectivity index (χ3v) is 2.23. The monoisotopic (exact) mass is 202 g/mol. The van der Waals surface area contributed by atoms with Gasteiger partial charge < -0.3 is 0 Å². The predicted octanol–water partition coefficient (Wildman–Crippen LogP) is 4.09. The van der Waals surface area contributed by atoms with Gasteiger partial charge in [0.05, 0.1) is 0 Å². The van der Waals surface area contributed by atoms with Crippen LogP contribution in [-0.4, -0.2) is 5.78 Å². The average Bonchev–Trinajstić information content (AvgIpc) is 2.27. The van der Waals surface area contributed by atoms with Gasteiger partial charge in [0.15, 0.2) is 5.78 Å². The Morgan fingerprint density at radius 2 is 2.13 bits per heavy atom. The Labute approximate surface area is 91.8 Å². The van der Waals surface area contributed by atoms with Gasteiger partial charge in [-0.1, -0.05) is 44.2 Å². The first-order valence-electron chi connectivity index (χ1n) is 5.57. The van der Waals surface area contributed by atoms with E-state index in [2.05, 4.69) is 19.1 Å². The summed E-state index contributed by atoms with van der Waals surface area (Å²) in [5.74, 6) is 0.240. The maximum absolute atomic E-state index is 11.6. The summed E-state index contributed by atoms with van der Waals surface area (Å²) >= 11 is 0. The van der Waals surface area contributed by atoms with Gasteiger partial charge in [0.1, 0.15) is 0 Å². The zero-order chi connectivity index (χ0) is 11.1. The van der Waals surface area contributed by atoms with Crippen molar-refractivity contribution < 1.29 is 4.79 Å². The molecule has 1 nitrogen and oxygen atoms in total. The summed E-state index contributed by atoms with van der Waals surface area (Å²) in [4.78, 5) is 11.6. The van der Waals surface area contributed by atoms with E-state index in [1.54, 1.807) is 0 Å². The minimum Gasteiger partial charge on any atom is -0.294 e. The molecule has 0 aliphatic heterocycles. The first kappa shape index (κ1) is 11.7. The molecule has 15 heavy (non-hydrogen) atoms. The first-order chi connectivity index (χ1) is 7.27. The second-order valence-electron chi connectivity index (χ2n) is 3.61. The number of hydrogen-bond acceptors (Lipinski definition) is 1. The summed E-state index contributed by atoms with van der Waals surface area (Å²) < 4.78 is 0. The number of ketones is 1. The molecular formula is C14H18O. The predicted molar refractivity (Wildman–Crippen MR) is 65.0 cm³/mol. The molecule has 80 valence electrons. The van der Waals surface area contributed by atoms with Gasteiger partial charge in [-0.3, -0.25) is 4.79 Å². The zero-order valence-corrected chi connectivity index (χ0v) is 9.49. The zero-order valence-electron chi connectivity index (χ0n) is 9.49. The van der Waals surface area contributed by atoms with E-state index in [0.717, 1.165) is 24.0 Å². The Balaban J connectivity index is 2.82. The van der Waals surface area contributed by atoms with Gasteiger partial charge in [-0.15, -0.1) is 0 Å². The van der Waals surface area contributed by atoms with E-state index < -0.39 is 0 Å². The molecule has 0 aliphatic carbocycles. The Morgan fingerprint density at radius 3 is 2.80 bits per heavy atom. The van der Waals surface area contributed by atoms with Crippen LogP contribution in [0, 0.1) is 0 Å². The van der Waals surface area contributed by atoms with Crippen LogP contribution >= 0.6 is 0 Å². The van der Waals surface area contributed by atoms with Crippen LogP contribution in [0.2, 0.25) is 0 Å². The van der Waals surface area contributed by atoms with Crippen LogP contribution in [0.3, 0.4) is 0 Å². The number of benzene rings is 1. The summed E-state index contributed by atoms with van der Waals surface area (Å²) in [7, 11) is 0. The Morgan fingerprint density at radius 1 is 1.33 bits per heavy atom. The highest BCUT2D eigenvalue weighted by molar-refractivity contribution is 5.96. The van der Waals surface area contributed by atoms with E-state index in [0.29, 0.717) is 6.42 Å². The molecule has 0 N–H and O–H groups in total. The fourth-order valence-electron chi connectivity index (χ4n) is 1.44. The number of carbonyl (C=O) groups is 1. The van der Waals surface area contributed by atoms with Crippen molar-refractivity contribution >= 4 is 11.9 Å². The molecule has 1 rings (SSSR count). The van der Waals surface area contributed by atoms with Gasteiger partial charge in [-0.2, -0.15) is 0 Å². The molecule has 1 aromatic carbocycles. The molecule has 1 aromatic rings. The molecule has 0 fully saturated rings. The first-order valence-corrected chi connectivity index (χ1v) is 5.57. The minimum atomic E-state index is 0.240. The van der Waals surface area contributed by atoms with Crippen molar-refractivity contribution in [3.8, 4) is 0 Å². The van der Waals surface area contributed by atoms with Crippen molar-refractivity contribution in [2.45, 2.75) is 33.1 Å². The maximum Gasteiger partial charge on any atom is 0.162 e. The lowest BCUT2D eigenvalue weighted by Gasteiger charge is -2.00. The van der Waals surface area contributed by atoms with Gasteiger partial charge >= 0.3 is 0 Å². The van der Waals surface area contributed by atoms with E-state index >= 15 is 0 Å². The summed E-state index contributed by atoms with van der Waals surface area (Å²) in [6.07, 6.45) is 6.73. The summed E-state index contributed by atoms with van der Waals surface area (Å²) in [5.41, 5.74) is 1.94. The van der Waals surface area contributed by atoms with Gasteiger partial charge in [0.2, 0.25) is 0 Å². The Bertz CT molecular complexity index is 350. The number of carbonyl (C=O) groups excluding carboxylic acids is 1. The summed E-state index contributed by atoms with van der Waals surface area (Å²) in [6.45, 7) is 4.13. The molecule has 0 amide bonds. The van der Waals surface area contributed by atoms with Crippen molar-refractivity contribution in [1.82, 2.24) is 0 Å². The molecular weight excluding hydrogens is 184 g/mol. The van der Waals surface area contributed by atoms with Crippen molar-refractivity contribution in [3.63, 3.8) is 0 Å². The lowest BCUT2D eigenvalue weighted by Crippen LogP contribution is -1.97. The van der Waals surface area contributed by atoms with Crippen molar-refractivity contribution in [2.75, 3.05) is 0 Å². The molecule has 0 unspecified atom stereocenters. The van der Waals surface area contributed by atoms with Crippen LogP contribution in [0.25, 0.3) is 6.08 Å². The van der Waals surface area contributed by atoms with Gasteiger partial charge in [-0.25, -0.2) is 0 Å². The van der Waals surface area contributed by atoms with E-state index in [9.17, 15) is 4.79 Å². The van der Waals surface area contributed by atoms with E-state index in [4.69, 9.17) is 0 Å². The normalized spacial score (nSPS) is 10.8. The number of Topliss-reactive ketones (excluding diaryl/α,β-unsaturated/α-hetero) is 1. The van der Waals surface area contributed by atoms with Crippen molar-refractivity contribution in [2.24, 2.45) is 0 Å². The lowest BCUT2D eigenvalue weighted by molar-refractivity contribution is 0.0981. The molecule has 1 heteroatoms. The van der Waals surface area contributed by atoms with Crippen LogP contribution in [0.4, 0.5) is 0 Å². The van der Waals surface area contributed by atoms with Gasteiger partial charge in [-0.05, 0) is 24.5 Å². The largest absolute Gasteiger partial charge is 0.294 e. The van der Waals surface area contributed by atoms with E-state index in [1.165, 1.54) is 0 Å². The molecule has 0 aliphatic rings. The number of rotatable bonds is 5. The molecule has 0 radical (unpaired) electrons. The van der Waals surface area contributed by atoms with Gasteiger partial charge in [0.25, 0.3) is 0 Å². The van der Waals surface area contributed by atoms with Crippen LogP contribution < -0.4 is 0 Å². The molecule has 0 bridgehead atoms. The smallest absolute Gasteiger partial charge is 0.162 e. The van der Waals surface area contributed by atoms with Crippen LogP contribution in [0.1, 0.15) is 49.0 Å². The Hall–Kier alpha value is -1.37. The second kappa shape index (κ2) is 6.18. The second-order valence-corrected chi connectivity index (χ2v) is 3.61. The van der Waals surface area contributed by atoms with Crippen molar-refractivity contribution in [3.05, 3.63) is 41.5 Å². The van der Waals surface area contributed by atoms with E-state index in [1.807, 2.05) is 31.2 Å². The molecule has 0 spiro atoms. The highest BCUT2D eigenvalue weighted by Crippen LogP contribution is 2.10. The SMILES string of the molecule is CC/C=C/c1cccc(C(=O)CCC)c1. The number of allylic oxidation sites excluding steroid dienone is 1. The van der Waals surface area contributed by atoms with Gasteiger partial charge in [0, 0.05) is 12.0 Å². The Kier molecular flexibility index (Phi) is 4.82. The molecule has 0 heterocycles. The van der Waals surface area contributed by atoms with Crippen molar-refractivity contribution in [1.29, 1.82) is 0 Å². The topological polar surface area (TPSA) is 17.1 Å². The summed E-state index contributed by atoms with van der Waals surface area (Å²) in [6, 6.07) is 7.82. The maximum atomic E-state index is 11.6. The van der Waals surface area contributed by atoms with Crippen LogP contribution in [-0.2, 0) is 0 Å². The van der Waals surface area contributed by atoms with Crippen LogP contribution in [0.5, 0.6) is 0 Å². The van der Waals surface area contributed by atoms with Crippen LogP contribution in [0.15, 0.2) is 30.3 Å². The molecule has 0 atom stereocenters. The molecule has 0 saturated carbocycles. The summed E-state index contributed by atoms with van der Waals surface area (Å²) in [5, 5.41) is 0. The molecule has 0 saturated heterocycles. The standard InChI is InChI=1S/C14H18O/c1-3-5-8-12-9-6-10-13(11-12)14(15)7-4-2/h5-6,8-11H,3-4,7H2,1-2H3/b8-5+. The average molecular weight is 202 g/mol. The lowest BCUT2D eigenvalue weighted by atomic mass is 10.0. The fraction of sp³-hybridized carbons (Fsp3) is 0.357. The highest BCUT2D eigenvalue weighted by atomic mass is 16.1. The quantitative estimate of drug-likeness (QED) is 0.657. The fourth-order valence-corrected chi connectivity index (χ4v) is 1.44. The third-order valence-electron chi connectivity index (χ3n) is 2.23. The highest BCUT2D eigenvalue weighted by Gasteiger charge is 2.03. The van der Waals surface area contributed by atoms with E-state index in [-0.39, 0.29) is 5.78 Å². The third kappa shape index (κ3) is 3.70. The molecule has 0 aromatic heterocycles. The number of hydrogen-bond donors (Lipinski definition) is 0. The minimum absolute atomic E-state index is 0.240.